The lowest BCUT2D eigenvalue weighted by Gasteiger charge is -2.04. The van der Waals surface area contributed by atoms with Gasteiger partial charge in [0.15, 0.2) is 11.4 Å². The molecule has 3 aromatic rings. The predicted molar refractivity (Wildman–Crippen MR) is 111 cm³/mol. The molecular formula is C18H16Cl3N5O2. The maximum absolute atomic E-state index is 12.1. The van der Waals surface area contributed by atoms with Crippen LogP contribution in [-0.2, 0) is 7.05 Å². The molecule has 0 aliphatic heterocycles. The van der Waals surface area contributed by atoms with Crippen LogP contribution in [0.4, 0.5) is 0 Å². The smallest absolute Gasteiger partial charge is 0.272 e. The number of pyridine rings is 1. The van der Waals surface area contributed by atoms with Crippen LogP contribution in [0.3, 0.4) is 0 Å². The molecule has 0 aliphatic rings. The first-order valence-corrected chi connectivity index (χ1v) is 8.60. The van der Waals surface area contributed by atoms with E-state index >= 15 is 0 Å². The van der Waals surface area contributed by atoms with Crippen LogP contribution in [-0.4, -0.2) is 31.5 Å². The fraction of sp³-hybridized carbons (Fsp3) is 0.111. The Balaban J connectivity index is 0.00000280. The van der Waals surface area contributed by atoms with Crippen LogP contribution in [0.5, 0.6) is 5.75 Å². The summed E-state index contributed by atoms with van der Waals surface area (Å²) in [6.07, 6.45) is 3.00. The minimum atomic E-state index is -0.414. The highest BCUT2D eigenvalue weighted by Crippen LogP contribution is 2.35. The molecule has 0 aliphatic carbocycles. The Hall–Kier alpha value is -2.61. The fourth-order valence-corrected chi connectivity index (χ4v) is 2.77. The third-order valence-corrected chi connectivity index (χ3v) is 4.55. The van der Waals surface area contributed by atoms with Crippen molar-refractivity contribution in [3.8, 4) is 17.0 Å². The van der Waals surface area contributed by atoms with E-state index in [9.17, 15) is 9.90 Å². The zero-order valence-electron chi connectivity index (χ0n) is 14.8. The summed E-state index contributed by atoms with van der Waals surface area (Å²) in [7, 11) is 1.68. The van der Waals surface area contributed by atoms with Crippen molar-refractivity contribution in [2.75, 3.05) is 0 Å². The van der Waals surface area contributed by atoms with E-state index in [1.54, 1.807) is 50.5 Å². The van der Waals surface area contributed by atoms with Crippen LogP contribution >= 0.6 is 35.6 Å². The van der Waals surface area contributed by atoms with Gasteiger partial charge in [0, 0.05) is 25.0 Å². The van der Waals surface area contributed by atoms with Crippen LogP contribution in [0.2, 0.25) is 10.0 Å². The van der Waals surface area contributed by atoms with Gasteiger partial charge in [0.1, 0.15) is 5.69 Å². The van der Waals surface area contributed by atoms with Gasteiger partial charge in [0.2, 0.25) is 0 Å². The summed E-state index contributed by atoms with van der Waals surface area (Å²) in [5.74, 6) is -0.490. The topological polar surface area (TPSA) is 92.4 Å². The van der Waals surface area contributed by atoms with Crippen LogP contribution < -0.4 is 5.43 Å². The van der Waals surface area contributed by atoms with Gasteiger partial charge in [-0.05, 0) is 31.2 Å². The largest absolute Gasteiger partial charge is 0.504 e. The van der Waals surface area contributed by atoms with Crippen molar-refractivity contribution in [3.63, 3.8) is 0 Å². The minimum Gasteiger partial charge on any atom is -0.504 e. The van der Waals surface area contributed by atoms with Gasteiger partial charge in [-0.3, -0.25) is 14.5 Å². The van der Waals surface area contributed by atoms with Crippen LogP contribution in [0, 0.1) is 0 Å². The Morgan fingerprint density at radius 1 is 1.25 bits per heavy atom. The maximum Gasteiger partial charge on any atom is 0.272 e. The van der Waals surface area contributed by atoms with Gasteiger partial charge in [0.05, 0.1) is 21.3 Å². The molecule has 28 heavy (non-hydrogen) atoms. The number of aryl methyl sites for hydroxylation is 1. The summed E-state index contributed by atoms with van der Waals surface area (Å²) >= 11 is 12.0. The molecule has 0 fully saturated rings. The van der Waals surface area contributed by atoms with Gasteiger partial charge in [-0.25, -0.2) is 5.43 Å². The zero-order chi connectivity index (χ0) is 19.6. The van der Waals surface area contributed by atoms with E-state index in [0.29, 0.717) is 32.6 Å². The maximum atomic E-state index is 12.1. The van der Waals surface area contributed by atoms with Crippen molar-refractivity contribution < 1.29 is 9.90 Å². The number of benzene rings is 1. The van der Waals surface area contributed by atoms with Gasteiger partial charge in [-0.15, -0.1) is 12.4 Å². The lowest BCUT2D eigenvalue weighted by molar-refractivity contribution is 0.0954. The van der Waals surface area contributed by atoms with E-state index in [2.05, 4.69) is 20.6 Å². The standard InChI is InChI=1S/C18H15Cl2N5O2.ClH/c1-10(22-23-18(27)12-4-3-7-21-9-12)15-17(26)16(25(2)24-15)11-5-6-13(19)14(20)8-11;/h3-9,26H,1-2H3,(H,23,27);1H/b22-10+;. The molecule has 0 saturated heterocycles. The van der Waals surface area contributed by atoms with Crippen molar-refractivity contribution in [3.05, 3.63) is 64.0 Å². The first-order valence-electron chi connectivity index (χ1n) is 7.85. The molecule has 0 saturated carbocycles. The average molecular weight is 441 g/mol. The van der Waals surface area contributed by atoms with Gasteiger partial charge < -0.3 is 5.11 Å². The Labute approximate surface area is 177 Å². The number of nitrogens with one attached hydrogen (secondary N) is 1. The Morgan fingerprint density at radius 3 is 2.64 bits per heavy atom. The number of nitrogens with zero attached hydrogens (tertiary/aromatic N) is 4. The van der Waals surface area contributed by atoms with Gasteiger partial charge in [0.25, 0.3) is 5.91 Å². The van der Waals surface area contributed by atoms with Crippen LogP contribution in [0.15, 0.2) is 47.8 Å². The lowest BCUT2D eigenvalue weighted by atomic mass is 10.1. The Bertz CT molecular complexity index is 1040. The Kier molecular flexibility index (Phi) is 7.01. The number of hydrogen-bond donors (Lipinski definition) is 2. The number of amides is 1. The van der Waals surface area contributed by atoms with Gasteiger partial charge in [-0.2, -0.15) is 10.2 Å². The molecule has 10 heteroatoms. The van der Waals surface area contributed by atoms with Gasteiger partial charge >= 0.3 is 0 Å². The van der Waals surface area contributed by atoms with Crippen molar-refractivity contribution in [2.24, 2.45) is 12.1 Å². The van der Waals surface area contributed by atoms with E-state index in [0.717, 1.165) is 0 Å². The highest BCUT2D eigenvalue weighted by molar-refractivity contribution is 6.42. The second-order valence-corrected chi connectivity index (χ2v) is 6.49. The molecule has 0 bridgehead atoms. The molecule has 146 valence electrons. The second-order valence-electron chi connectivity index (χ2n) is 5.68. The summed E-state index contributed by atoms with van der Waals surface area (Å²) in [5.41, 5.74) is 4.47. The van der Waals surface area contributed by atoms with E-state index in [1.807, 2.05) is 0 Å². The summed E-state index contributed by atoms with van der Waals surface area (Å²) in [5, 5.41) is 19.7. The average Bonchev–Trinajstić information content (AvgIpc) is 2.97. The number of hydrazone groups is 1. The zero-order valence-corrected chi connectivity index (χ0v) is 17.2. The number of halogens is 3. The molecule has 0 radical (unpaired) electrons. The molecular weight excluding hydrogens is 425 g/mol. The molecule has 3 rings (SSSR count). The number of rotatable bonds is 4. The molecule has 1 amide bonds. The third-order valence-electron chi connectivity index (χ3n) is 3.81. The SMILES string of the molecule is C/C(=N\NC(=O)c1cccnc1)c1nn(C)c(-c2ccc(Cl)c(Cl)c2)c1O.Cl. The summed E-state index contributed by atoms with van der Waals surface area (Å²) in [4.78, 5) is 15.9. The summed E-state index contributed by atoms with van der Waals surface area (Å²) in [6, 6.07) is 8.28. The third kappa shape index (κ3) is 4.44. The Morgan fingerprint density at radius 2 is 2.00 bits per heavy atom. The van der Waals surface area contributed by atoms with E-state index in [1.165, 1.54) is 10.9 Å². The second kappa shape index (κ2) is 9.05. The van der Waals surface area contributed by atoms with Crippen molar-refractivity contribution >= 4 is 47.2 Å². The molecule has 1 aromatic carbocycles. The van der Waals surface area contributed by atoms with Crippen molar-refractivity contribution in [1.82, 2.24) is 20.2 Å². The minimum absolute atomic E-state index is 0. The fourth-order valence-electron chi connectivity index (χ4n) is 2.47. The van der Waals surface area contributed by atoms with Gasteiger partial charge in [-0.1, -0.05) is 29.3 Å². The molecule has 0 atom stereocenters. The quantitative estimate of drug-likeness (QED) is 0.472. The summed E-state index contributed by atoms with van der Waals surface area (Å²) < 4.78 is 1.51. The van der Waals surface area contributed by atoms with Crippen molar-refractivity contribution in [1.29, 1.82) is 0 Å². The van der Waals surface area contributed by atoms with E-state index in [-0.39, 0.29) is 23.9 Å². The molecule has 2 heterocycles. The highest BCUT2D eigenvalue weighted by Gasteiger charge is 2.20. The van der Waals surface area contributed by atoms with Crippen molar-refractivity contribution in [2.45, 2.75) is 6.92 Å². The molecule has 0 unspecified atom stereocenters. The number of carbonyl (C=O) groups is 1. The van der Waals surface area contributed by atoms with E-state index < -0.39 is 5.91 Å². The molecule has 2 aromatic heterocycles. The normalized spacial score (nSPS) is 11.1. The van der Waals surface area contributed by atoms with E-state index in [4.69, 9.17) is 23.2 Å². The molecule has 7 nitrogen and oxygen atoms in total. The monoisotopic (exact) mass is 439 g/mol. The number of carbonyl (C=O) groups excluding carboxylic acids is 1. The number of hydrogen-bond acceptors (Lipinski definition) is 5. The first kappa shape index (κ1) is 21.7. The number of aromatic hydroxyl groups is 1. The summed E-state index contributed by atoms with van der Waals surface area (Å²) in [6.45, 7) is 1.63. The van der Waals surface area contributed by atoms with Crippen LogP contribution in [0.25, 0.3) is 11.3 Å². The first-order chi connectivity index (χ1) is 12.9. The number of aromatic nitrogens is 3. The lowest BCUT2D eigenvalue weighted by Crippen LogP contribution is -2.19. The molecule has 2 N–H and O–H groups in total. The molecule has 0 spiro atoms. The predicted octanol–water partition coefficient (Wildman–Crippen LogP) is 4.07. The van der Waals surface area contributed by atoms with Crippen LogP contribution in [0.1, 0.15) is 23.0 Å². The highest BCUT2D eigenvalue weighted by atomic mass is 35.5.